The molecule has 0 radical (unpaired) electrons. The summed E-state index contributed by atoms with van der Waals surface area (Å²) in [5.41, 5.74) is 2.44. The minimum Gasteiger partial charge on any atom is -0.478 e. The highest BCUT2D eigenvalue weighted by molar-refractivity contribution is 5.94. The molecule has 268 valence electrons. The maximum absolute atomic E-state index is 13.1. The quantitative estimate of drug-likeness (QED) is 0.194. The number of aromatic carboxylic acids is 1. The molecular formula is C38H48N4O8. The Morgan fingerprint density at radius 2 is 1.14 bits per heavy atom. The van der Waals surface area contributed by atoms with Crippen LogP contribution in [-0.4, -0.2) is 63.5 Å². The standard InChI is InChI=1S/C25H31N3O4.C13H17NO4/c1-19(31-18-21-9-6-5-7-10-21)27-15-8-16-28(27)23(29)22-13-11-20(12-14-22)17-26-24(30)32-25(2,3)4;1-13(2,3)18-12(17)14-8-9-4-6-10(7-5-9)11(15)16/h5-7,9-14H,1,8,15-18H2,2-4H3,(H,26,30);4-7H,8H2,1-3H3,(H,14,17)(H,15,16). The van der Waals surface area contributed by atoms with Crippen LogP contribution in [0.25, 0.3) is 0 Å². The van der Waals surface area contributed by atoms with Crippen LogP contribution in [0.1, 0.15) is 85.4 Å². The van der Waals surface area contributed by atoms with Gasteiger partial charge < -0.3 is 30.0 Å². The molecule has 1 fully saturated rings. The summed E-state index contributed by atoms with van der Waals surface area (Å²) in [6, 6.07) is 23.3. The van der Waals surface area contributed by atoms with Crippen molar-refractivity contribution in [2.75, 3.05) is 13.1 Å². The maximum Gasteiger partial charge on any atom is 0.407 e. The van der Waals surface area contributed by atoms with E-state index in [2.05, 4.69) is 17.2 Å². The first-order valence-corrected chi connectivity index (χ1v) is 16.3. The molecule has 0 bridgehead atoms. The number of nitrogens with zero attached hydrogens (tertiary/aromatic N) is 2. The van der Waals surface area contributed by atoms with E-state index in [1.165, 1.54) is 12.1 Å². The van der Waals surface area contributed by atoms with Crippen LogP contribution in [0.2, 0.25) is 0 Å². The van der Waals surface area contributed by atoms with E-state index in [9.17, 15) is 19.2 Å². The third-order valence-corrected chi connectivity index (χ3v) is 6.88. The van der Waals surface area contributed by atoms with Crippen LogP contribution in [0.15, 0.2) is 91.3 Å². The van der Waals surface area contributed by atoms with Crippen molar-refractivity contribution in [1.29, 1.82) is 0 Å². The second-order valence-electron chi connectivity index (χ2n) is 13.5. The maximum atomic E-state index is 13.1. The average Bonchev–Trinajstić information content (AvgIpc) is 3.55. The van der Waals surface area contributed by atoms with Gasteiger partial charge in [0.25, 0.3) is 5.91 Å². The largest absolute Gasteiger partial charge is 0.478 e. The van der Waals surface area contributed by atoms with Crippen LogP contribution in [0.4, 0.5) is 9.59 Å². The molecule has 12 heteroatoms. The van der Waals surface area contributed by atoms with Crippen LogP contribution in [-0.2, 0) is 33.9 Å². The van der Waals surface area contributed by atoms with Gasteiger partial charge in [0.2, 0.25) is 5.88 Å². The van der Waals surface area contributed by atoms with Gasteiger partial charge in [-0.15, -0.1) is 0 Å². The molecule has 4 rings (SSSR count). The van der Waals surface area contributed by atoms with Crippen LogP contribution >= 0.6 is 0 Å². The van der Waals surface area contributed by atoms with Crippen LogP contribution in [0, 0.1) is 0 Å². The van der Waals surface area contributed by atoms with Gasteiger partial charge in [-0.3, -0.25) is 9.80 Å². The lowest BCUT2D eigenvalue weighted by molar-refractivity contribution is -0.00558. The lowest BCUT2D eigenvalue weighted by atomic mass is 10.1. The van der Waals surface area contributed by atoms with E-state index < -0.39 is 29.4 Å². The van der Waals surface area contributed by atoms with E-state index in [1.54, 1.807) is 55.1 Å². The summed E-state index contributed by atoms with van der Waals surface area (Å²) >= 11 is 0. The fourth-order valence-corrected chi connectivity index (χ4v) is 4.55. The molecular weight excluding hydrogens is 640 g/mol. The number of carbonyl (C=O) groups is 4. The van der Waals surface area contributed by atoms with E-state index in [0.717, 1.165) is 23.1 Å². The van der Waals surface area contributed by atoms with Gasteiger partial charge in [-0.25, -0.2) is 19.4 Å². The molecule has 1 heterocycles. The number of hydrazine groups is 1. The van der Waals surface area contributed by atoms with Crippen molar-refractivity contribution < 1.29 is 38.5 Å². The molecule has 0 aromatic heterocycles. The number of alkyl carbamates (subject to hydrolysis) is 2. The van der Waals surface area contributed by atoms with Gasteiger partial charge in [-0.2, -0.15) is 0 Å². The molecule has 12 nitrogen and oxygen atoms in total. The van der Waals surface area contributed by atoms with Crippen molar-refractivity contribution in [2.24, 2.45) is 0 Å². The van der Waals surface area contributed by atoms with E-state index in [4.69, 9.17) is 19.3 Å². The van der Waals surface area contributed by atoms with Gasteiger partial charge >= 0.3 is 18.2 Å². The number of hydrogen-bond acceptors (Lipinski definition) is 8. The van der Waals surface area contributed by atoms with Crippen LogP contribution in [0.5, 0.6) is 0 Å². The summed E-state index contributed by atoms with van der Waals surface area (Å²) in [5.74, 6) is -0.627. The molecule has 3 N–H and O–H groups in total. The number of ether oxygens (including phenoxy) is 3. The summed E-state index contributed by atoms with van der Waals surface area (Å²) in [6.45, 7) is 17.1. The second kappa shape index (κ2) is 17.8. The Kier molecular flexibility index (Phi) is 13.8. The molecule has 0 saturated carbocycles. The zero-order valence-electron chi connectivity index (χ0n) is 29.7. The zero-order chi connectivity index (χ0) is 36.9. The summed E-state index contributed by atoms with van der Waals surface area (Å²) in [6.07, 6.45) is -0.124. The van der Waals surface area contributed by atoms with Gasteiger partial charge in [0, 0.05) is 31.7 Å². The number of rotatable bonds is 10. The van der Waals surface area contributed by atoms with Gasteiger partial charge in [0.15, 0.2) is 0 Å². The summed E-state index contributed by atoms with van der Waals surface area (Å²) < 4.78 is 16.1. The molecule has 1 aliphatic heterocycles. The Morgan fingerprint density at radius 1 is 0.680 bits per heavy atom. The average molecular weight is 689 g/mol. The molecule has 0 atom stereocenters. The number of amides is 3. The van der Waals surface area contributed by atoms with Crippen molar-refractivity contribution in [1.82, 2.24) is 20.7 Å². The zero-order valence-corrected chi connectivity index (χ0v) is 29.7. The summed E-state index contributed by atoms with van der Waals surface area (Å²) in [4.78, 5) is 46.9. The molecule has 3 aromatic rings. The highest BCUT2D eigenvalue weighted by atomic mass is 16.6. The third-order valence-electron chi connectivity index (χ3n) is 6.88. The van der Waals surface area contributed by atoms with E-state index in [0.29, 0.717) is 44.2 Å². The Bertz CT molecular complexity index is 1590. The lowest BCUT2D eigenvalue weighted by Gasteiger charge is -2.30. The van der Waals surface area contributed by atoms with Crippen molar-refractivity contribution in [3.63, 3.8) is 0 Å². The van der Waals surface area contributed by atoms with Crippen molar-refractivity contribution >= 4 is 24.1 Å². The molecule has 0 unspecified atom stereocenters. The molecule has 1 saturated heterocycles. The van der Waals surface area contributed by atoms with Crippen molar-refractivity contribution in [3.8, 4) is 0 Å². The molecule has 3 aromatic carbocycles. The predicted octanol–water partition coefficient (Wildman–Crippen LogP) is 6.87. The fraction of sp³-hybridized carbons (Fsp3) is 0.368. The Labute approximate surface area is 294 Å². The first kappa shape index (κ1) is 38.9. The Morgan fingerprint density at radius 3 is 1.60 bits per heavy atom. The minimum atomic E-state index is -0.971. The predicted molar refractivity (Wildman–Crippen MR) is 189 cm³/mol. The topological polar surface area (TPSA) is 147 Å². The first-order chi connectivity index (χ1) is 23.5. The molecule has 50 heavy (non-hydrogen) atoms. The van der Waals surface area contributed by atoms with Crippen molar-refractivity contribution in [3.05, 3.63) is 119 Å². The van der Waals surface area contributed by atoms with Crippen molar-refractivity contribution in [2.45, 2.75) is 78.9 Å². The Balaban J connectivity index is 0.000000319. The Hall–Kier alpha value is -5.52. The van der Waals surface area contributed by atoms with E-state index >= 15 is 0 Å². The van der Waals surface area contributed by atoms with E-state index in [-0.39, 0.29) is 11.5 Å². The smallest absolute Gasteiger partial charge is 0.407 e. The first-order valence-electron chi connectivity index (χ1n) is 16.3. The monoisotopic (exact) mass is 688 g/mol. The molecule has 1 aliphatic rings. The van der Waals surface area contributed by atoms with Gasteiger partial charge in [-0.05, 0) is 95.5 Å². The van der Waals surface area contributed by atoms with Crippen LogP contribution in [0.3, 0.4) is 0 Å². The van der Waals surface area contributed by atoms with Gasteiger partial charge in [0.1, 0.15) is 17.8 Å². The highest BCUT2D eigenvalue weighted by Gasteiger charge is 2.29. The minimum absolute atomic E-state index is 0.112. The second-order valence-corrected chi connectivity index (χ2v) is 13.5. The third kappa shape index (κ3) is 13.5. The SMILES string of the molecule is C=C(OCc1ccccc1)N1CCCN1C(=O)c1ccc(CNC(=O)OC(C)(C)C)cc1.CC(C)(C)OC(=O)NCc1ccc(C(=O)O)cc1. The number of carbonyl (C=O) groups excluding carboxylic acids is 3. The number of carboxylic acids is 1. The van der Waals surface area contributed by atoms with Crippen LogP contribution < -0.4 is 10.6 Å². The van der Waals surface area contributed by atoms with Gasteiger partial charge in [0.05, 0.1) is 5.56 Å². The number of nitrogens with one attached hydrogen (secondary N) is 2. The number of benzene rings is 3. The molecule has 3 amide bonds. The van der Waals surface area contributed by atoms with E-state index in [1.807, 2.05) is 63.2 Å². The number of carboxylic acid groups (broad SMARTS) is 1. The molecule has 0 aliphatic carbocycles. The fourth-order valence-electron chi connectivity index (χ4n) is 4.55. The summed E-state index contributed by atoms with van der Waals surface area (Å²) in [7, 11) is 0. The summed E-state index contributed by atoms with van der Waals surface area (Å²) in [5, 5.41) is 17.5. The number of hydrogen-bond donors (Lipinski definition) is 3. The van der Waals surface area contributed by atoms with Gasteiger partial charge in [-0.1, -0.05) is 54.6 Å². The molecule has 0 spiro atoms. The normalized spacial score (nSPS) is 12.6. The highest BCUT2D eigenvalue weighted by Crippen LogP contribution is 2.21. The lowest BCUT2D eigenvalue weighted by Crippen LogP contribution is -2.41.